The maximum absolute atomic E-state index is 14.6. The van der Waals surface area contributed by atoms with E-state index in [4.69, 9.17) is 37.9 Å². The van der Waals surface area contributed by atoms with Crippen LogP contribution in [0, 0.1) is 11.3 Å². The summed E-state index contributed by atoms with van der Waals surface area (Å²) in [6.07, 6.45) is 3.95. The maximum Gasteiger partial charge on any atom is 0.320 e. The van der Waals surface area contributed by atoms with Crippen molar-refractivity contribution in [1.29, 1.82) is 5.26 Å². The highest BCUT2D eigenvalue weighted by Gasteiger charge is 2.49. The van der Waals surface area contributed by atoms with Crippen LogP contribution in [0.5, 0.6) is 6.01 Å². The highest BCUT2D eigenvalue weighted by Crippen LogP contribution is 2.44. The van der Waals surface area contributed by atoms with Gasteiger partial charge in [0.15, 0.2) is 17.3 Å². The third kappa shape index (κ3) is 5.87. The number of rotatable bonds is 7. The van der Waals surface area contributed by atoms with Crippen molar-refractivity contribution >= 4 is 62.3 Å². The highest BCUT2D eigenvalue weighted by atomic mass is 35.5. The van der Waals surface area contributed by atoms with Gasteiger partial charge >= 0.3 is 6.01 Å². The van der Waals surface area contributed by atoms with Crippen LogP contribution in [0.3, 0.4) is 0 Å². The molecule has 18 heteroatoms. The van der Waals surface area contributed by atoms with Crippen molar-refractivity contribution in [3.63, 3.8) is 0 Å². The standard InChI is InChI=1S/C33H36Cl2FN11O3S/c1-43(2)31(49)25-24(34)21-15-44(7-4-9-47(21)42-25)27-20(12-37)28(41-32(40-27)50-16-33-6-3-8-46(33)14-19(36)11-33)45-10-5-18(13-45)22-23-29(48)38-17-39-30(23)51-26(22)35/h17-19H,3-11,13-16H2,1-2H3,(H,38,39,48)/t18?,19-,33+/m1/s1. The van der Waals surface area contributed by atoms with Crippen LogP contribution in [0.25, 0.3) is 10.2 Å². The zero-order valence-corrected chi connectivity index (χ0v) is 30.5. The van der Waals surface area contributed by atoms with Crippen molar-refractivity contribution in [3.8, 4) is 12.1 Å². The largest absolute Gasteiger partial charge is 0.461 e. The number of alkyl halides is 1. The van der Waals surface area contributed by atoms with Crippen molar-refractivity contribution in [2.45, 2.75) is 62.8 Å². The number of carbonyl (C=O) groups is 1. The lowest BCUT2D eigenvalue weighted by molar-refractivity contribution is 0.0821. The van der Waals surface area contributed by atoms with Crippen LogP contribution in [0.1, 0.15) is 65.3 Å². The number of aryl methyl sites for hydroxylation is 1. The van der Waals surface area contributed by atoms with Gasteiger partial charge in [-0.05, 0) is 32.2 Å². The molecule has 1 N–H and O–H groups in total. The fraction of sp³-hybridized carbons (Fsp3) is 0.545. The molecule has 8 heterocycles. The lowest BCUT2D eigenvalue weighted by atomic mass is 9.95. The number of nitriles is 1. The van der Waals surface area contributed by atoms with E-state index in [1.54, 1.807) is 18.8 Å². The number of H-pyrrole nitrogens is 1. The minimum Gasteiger partial charge on any atom is -0.461 e. The second-order valence-electron chi connectivity index (χ2n) is 13.9. The van der Waals surface area contributed by atoms with Gasteiger partial charge in [0, 0.05) is 64.7 Å². The molecule has 1 unspecified atom stereocenters. The number of aromatic nitrogens is 6. The molecule has 4 aromatic rings. The van der Waals surface area contributed by atoms with Gasteiger partial charge in [0.2, 0.25) is 0 Å². The molecule has 3 atom stereocenters. The van der Waals surface area contributed by atoms with Crippen LogP contribution in [0.2, 0.25) is 9.36 Å². The number of aromatic amines is 1. The van der Waals surface area contributed by atoms with Gasteiger partial charge in [0.1, 0.15) is 29.2 Å². The first kappa shape index (κ1) is 34.1. The number of nitrogens with one attached hydrogen (secondary N) is 1. The summed E-state index contributed by atoms with van der Waals surface area (Å²) in [6.45, 7) is 3.71. The molecule has 51 heavy (non-hydrogen) atoms. The lowest BCUT2D eigenvalue weighted by Crippen LogP contribution is -2.43. The molecular weight excluding hydrogens is 720 g/mol. The maximum atomic E-state index is 14.6. The monoisotopic (exact) mass is 755 g/mol. The molecule has 4 aliphatic rings. The van der Waals surface area contributed by atoms with E-state index in [1.165, 1.54) is 22.6 Å². The van der Waals surface area contributed by atoms with Crippen LogP contribution in [0.4, 0.5) is 16.0 Å². The molecular formula is C33H36Cl2FN11O3S. The molecule has 3 fully saturated rings. The average Bonchev–Trinajstić information content (AvgIpc) is 3.90. The van der Waals surface area contributed by atoms with E-state index in [0.29, 0.717) is 83.9 Å². The fourth-order valence-electron chi connectivity index (χ4n) is 8.19. The van der Waals surface area contributed by atoms with Gasteiger partial charge in [-0.1, -0.05) is 23.2 Å². The van der Waals surface area contributed by atoms with Crippen molar-refractivity contribution in [2.24, 2.45) is 0 Å². The minimum absolute atomic E-state index is 0.0953. The number of ether oxygens (including phenoxy) is 1. The topological polar surface area (TPSA) is 152 Å². The number of halogens is 3. The number of carbonyl (C=O) groups excluding carboxylic acids is 1. The molecule has 8 rings (SSSR count). The highest BCUT2D eigenvalue weighted by molar-refractivity contribution is 7.22. The van der Waals surface area contributed by atoms with Gasteiger partial charge in [0.25, 0.3) is 11.5 Å². The second-order valence-corrected chi connectivity index (χ2v) is 15.9. The van der Waals surface area contributed by atoms with Crippen molar-refractivity contribution in [2.75, 3.05) is 63.2 Å². The van der Waals surface area contributed by atoms with Gasteiger partial charge in [-0.15, -0.1) is 11.3 Å². The molecule has 4 aromatic heterocycles. The van der Waals surface area contributed by atoms with Gasteiger partial charge in [-0.2, -0.15) is 20.3 Å². The minimum atomic E-state index is -0.915. The number of hydrogen-bond acceptors (Lipinski definition) is 12. The first-order valence-electron chi connectivity index (χ1n) is 17.0. The molecule has 0 saturated carbocycles. The van der Waals surface area contributed by atoms with Gasteiger partial charge in [0.05, 0.1) is 38.9 Å². The van der Waals surface area contributed by atoms with Crippen molar-refractivity contribution in [3.05, 3.63) is 48.6 Å². The molecule has 1 amide bonds. The summed E-state index contributed by atoms with van der Waals surface area (Å²) in [5, 5.41) is 16.0. The molecule has 3 saturated heterocycles. The van der Waals surface area contributed by atoms with E-state index in [-0.39, 0.29) is 52.8 Å². The summed E-state index contributed by atoms with van der Waals surface area (Å²) >= 11 is 14.8. The summed E-state index contributed by atoms with van der Waals surface area (Å²) in [7, 11) is 3.30. The molecule has 268 valence electrons. The molecule has 0 bridgehead atoms. The molecule has 0 aromatic carbocycles. The van der Waals surface area contributed by atoms with Crippen molar-refractivity contribution < 1.29 is 13.9 Å². The number of anilines is 2. The molecule has 4 aliphatic heterocycles. The van der Waals surface area contributed by atoms with Crippen LogP contribution in [-0.4, -0.2) is 111 Å². The normalized spacial score (nSPS) is 23.4. The average molecular weight is 757 g/mol. The summed E-state index contributed by atoms with van der Waals surface area (Å²) in [5.41, 5.74) is 1.16. The lowest BCUT2D eigenvalue weighted by Gasteiger charge is -2.31. The Balaban J connectivity index is 1.17. The predicted octanol–water partition coefficient (Wildman–Crippen LogP) is 4.21. The summed E-state index contributed by atoms with van der Waals surface area (Å²) in [5.74, 6) is 0.372. The Morgan fingerprint density at radius 3 is 2.76 bits per heavy atom. The van der Waals surface area contributed by atoms with Crippen LogP contribution < -0.4 is 20.1 Å². The van der Waals surface area contributed by atoms with Crippen LogP contribution in [-0.2, 0) is 13.1 Å². The van der Waals surface area contributed by atoms with E-state index >= 15 is 0 Å². The van der Waals surface area contributed by atoms with Gasteiger partial charge < -0.3 is 24.4 Å². The fourth-order valence-corrected chi connectivity index (χ4v) is 9.89. The van der Waals surface area contributed by atoms with E-state index in [9.17, 15) is 19.2 Å². The summed E-state index contributed by atoms with van der Waals surface area (Å²) in [6, 6.07) is 2.47. The summed E-state index contributed by atoms with van der Waals surface area (Å²) < 4.78 is 23.3. The first-order valence-corrected chi connectivity index (χ1v) is 18.6. The van der Waals surface area contributed by atoms with Crippen LogP contribution in [0.15, 0.2) is 11.1 Å². The quantitative estimate of drug-likeness (QED) is 0.289. The van der Waals surface area contributed by atoms with Gasteiger partial charge in [-0.3, -0.25) is 19.2 Å². The van der Waals surface area contributed by atoms with E-state index in [2.05, 4.69) is 26.0 Å². The first-order chi connectivity index (χ1) is 24.6. The molecule has 0 radical (unpaired) electrons. The molecule has 14 nitrogen and oxygen atoms in total. The van der Waals surface area contributed by atoms with E-state index in [1.807, 2.05) is 9.80 Å². The number of nitrogens with zero attached hydrogens (tertiary/aromatic N) is 10. The Morgan fingerprint density at radius 1 is 1.18 bits per heavy atom. The second kappa shape index (κ2) is 13.2. The zero-order chi connectivity index (χ0) is 35.6. The SMILES string of the molecule is CN(C)C(=O)c1nn2c(c1Cl)CN(c1nc(OC[C@@]34CCCN3C[C@H](F)C4)nc(N3CCC(c4c(Cl)sc5nc[nH]c(=O)c45)C3)c1C#N)CCC2. The Kier molecular flexibility index (Phi) is 8.80. The van der Waals surface area contributed by atoms with E-state index < -0.39 is 11.7 Å². The molecule has 0 spiro atoms. The van der Waals surface area contributed by atoms with E-state index in [0.717, 1.165) is 24.9 Å². The third-order valence-corrected chi connectivity index (χ3v) is 12.3. The third-order valence-electron chi connectivity index (χ3n) is 10.6. The Morgan fingerprint density at radius 2 is 1.98 bits per heavy atom. The van der Waals surface area contributed by atoms with Gasteiger partial charge in [-0.25, -0.2) is 9.37 Å². The Hall–Kier alpha value is -4.04. The predicted molar refractivity (Wildman–Crippen MR) is 191 cm³/mol. The summed E-state index contributed by atoms with van der Waals surface area (Å²) in [4.78, 5) is 50.6. The number of fused-ring (bicyclic) bond motifs is 3. The molecule has 0 aliphatic carbocycles. The smallest absolute Gasteiger partial charge is 0.320 e. The zero-order valence-electron chi connectivity index (χ0n) is 28.2. The Labute approximate surface area is 306 Å². The number of amides is 1. The number of hydrogen-bond donors (Lipinski definition) is 1. The number of thiophene rings is 1. The Bertz CT molecular complexity index is 2130. The van der Waals surface area contributed by atoms with Crippen molar-refractivity contribution in [1.82, 2.24) is 39.5 Å². The van der Waals surface area contributed by atoms with Crippen LogP contribution >= 0.6 is 34.5 Å².